The average molecular weight is 497 g/mol. The molecule has 5 rings (SSSR count). The van der Waals surface area contributed by atoms with Crippen LogP contribution in [0.2, 0.25) is 5.02 Å². The summed E-state index contributed by atoms with van der Waals surface area (Å²) in [7, 11) is 2.13. The van der Waals surface area contributed by atoms with Crippen molar-refractivity contribution in [1.29, 1.82) is 0 Å². The highest BCUT2D eigenvalue weighted by atomic mass is 35.5. The van der Waals surface area contributed by atoms with Gasteiger partial charge in [0.05, 0.1) is 17.0 Å². The Morgan fingerprint density at radius 3 is 2.17 bits per heavy atom. The van der Waals surface area contributed by atoms with Gasteiger partial charge in [-0.1, -0.05) is 66.2 Å². The molecule has 1 saturated heterocycles. The summed E-state index contributed by atoms with van der Waals surface area (Å²) in [5, 5.41) is 14.9. The van der Waals surface area contributed by atoms with E-state index in [2.05, 4.69) is 27.0 Å². The molecule has 0 N–H and O–H groups in total. The highest BCUT2D eigenvalue weighted by Gasteiger charge is 2.25. The monoisotopic (exact) mass is 496 g/mol. The standard InChI is InChI=1S/C26H27ClF2N6/c1-26(28,29)20-10-8-19(9-11-20)23-21-22(27)24(18-6-4-3-5-7-18)30-31-25(21)35(32-23)17-16-34-14-12-33(2)13-15-34/h3-11H,12-17H2,1-2H3. The van der Waals surface area contributed by atoms with E-state index < -0.39 is 5.92 Å². The Morgan fingerprint density at radius 2 is 1.51 bits per heavy atom. The lowest BCUT2D eigenvalue weighted by molar-refractivity contribution is 0.0175. The molecular formula is C26H27ClF2N6. The molecule has 182 valence electrons. The van der Waals surface area contributed by atoms with Gasteiger partial charge in [-0.05, 0) is 7.05 Å². The zero-order chi connectivity index (χ0) is 24.6. The molecule has 0 aliphatic carbocycles. The minimum atomic E-state index is -2.91. The minimum Gasteiger partial charge on any atom is -0.304 e. The minimum absolute atomic E-state index is 0.0454. The summed E-state index contributed by atoms with van der Waals surface area (Å²) in [6, 6.07) is 15.8. The molecule has 0 radical (unpaired) electrons. The number of fused-ring (bicyclic) bond motifs is 1. The fourth-order valence-corrected chi connectivity index (χ4v) is 4.70. The summed E-state index contributed by atoms with van der Waals surface area (Å²) >= 11 is 6.92. The van der Waals surface area contributed by atoms with Crippen molar-refractivity contribution in [3.05, 3.63) is 65.2 Å². The third-order valence-electron chi connectivity index (χ3n) is 6.53. The van der Waals surface area contributed by atoms with Gasteiger partial charge in [0.25, 0.3) is 5.92 Å². The Hall–Kier alpha value is -2.94. The molecule has 0 amide bonds. The van der Waals surface area contributed by atoms with Crippen LogP contribution < -0.4 is 0 Å². The maximum absolute atomic E-state index is 13.8. The Bertz CT molecular complexity index is 1310. The number of aromatic nitrogens is 4. The van der Waals surface area contributed by atoms with Crippen LogP contribution in [0.4, 0.5) is 8.78 Å². The van der Waals surface area contributed by atoms with Crippen molar-refractivity contribution in [3.8, 4) is 22.5 Å². The van der Waals surface area contributed by atoms with Crippen LogP contribution in [0.3, 0.4) is 0 Å². The number of alkyl halides is 2. The van der Waals surface area contributed by atoms with Gasteiger partial charge in [-0.25, -0.2) is 13.5 Å². The molecular weight excluding hydrogens is 470 g/mol. The Morgan fingerprint density at radius 1 is 0.857 bits per heavy atom. The molecule has 2 aromatic heterocycles. The van der Waals surface area contributed by atoms with Gasteiger partial charge in [-0.2, -0.15) is 5.10 Å². The third-order valence-corrected chi connectivity index (χ3v) is 6.90. The van der Waals surface area contributed by atoms with E-state index in [0.29, 0.717) is 39.6 Å². The summed E-state index contributed by atoms with van der Waals surface area (Å²) in [5.41, 5.74) is 3.27. The molecule has 0 unspecified atom stereocenters. The van der Waals surface area contributed by atoms with Gasteiger partial charge in [0.1, 0.15) is 11.4 Å². The third kappa shape index (κ3) is 4.91. The Labute approximate surface area is 208 Å². The summed E-state index contributed by atoms with van der Waals surface area (Å²) in [6.45, 7) is 6.41. The molecule has 4 aromatic rings. The normalized spacial score (nSPS) is 15.7. The van der Waals surface area contributed by atoms with E-state index >= 15 is 0 Å². The lowest BCUT2D eigenvalue weighted by Gasteiger charge is -2.32. The predicted molar refractivity (Wildman–Crippen MR) is 135 cm³/mol. The first-order valence-electron chi connectivity index (χ1n) is 11.7. The Balaban J connectivity index is 1.57. The van der Waals surface area contributed by atoms with E-state index in [9.17, 15) is 8.78 Å². The molecule has 0 saturated carbocycles. The number of piperazine rings is 1. The van der Waals surface area contributed by atoms with Crippen molar-refractivity contribution in [3.63, 3.8) is 0 Å². The first-order valence-corrected chi connectivity index (χ1v) is 12.1. The van der Waals surface area contributed by atoms with E-state index in [1.165, 1.54) is 12.1 Å². The molecule has 2 aromatic carbocycles. The lowest BCUT2D eigenvalue weighted by atomic mass is 10.0. The molecule has 0 atom stereocenters. The van der Waals surface area contributed by atoms with Crippen LogP contribution in [0.1, 0.15) is 12.5 Å². The van der Waals surface area contributed by atoms with Crippen LogP contribution in [0, 0.1) is 0 Å². The highest BCUT2D eigenvalue weighted by Crippen LogP contribution is 2.38. The number of nitrogens with zero attached hydrogens (tertiary/aromatic N) is 6. The maximum Gasteiger partial charge on any atom is 0.270 e. The largest absolute Gasteiger partial charge is 0.304 e. The van der Waals surface area contributed by atoms with E-state index in [4.69, 9.17) is 16.7 Å². The molecule has 1 fully saturated rings. The first kappa shape index (κ1) is 23.8. The quantitative estimate of drug-likeness (QED) is 0.368. The first-order chi connectivity index (χ1) is 16.8. The van der Waals surface area contributed by atoms with Crippen molar-refractivity contribution in [2.45, 2.75) is 19.4 Å². The van der Waals surface area contributed by atoms with Crippen molar-refractivity contribution < 1.29 is 8.78 Å². The summed E-state index contributed by atoms with van der Waals surface area (Å²) in [6.07, 6.45) is 0. The number of hydrogen-bond donors (Lipinski definition) is 0. The van der Waals surface area contributed by atoms with Gasteiger partial charge < -0.3 is 4.90 Å². The smallest absolute Gasteiger partial charge is 0.270 e. The second-order valence-corrected chi connectivity index (χ2v) is 9.49. The zero-order valence-electron chi connectivity index (χ0n) is 19.8. The Kier molecular flexibility index (Phi) is 6.53. The van der Waals surface area contributed by atoms with Gasteiger partial charge in [0, 0.05) is 56.3 Å². The van der Waals surface area contributed by atoms with Gasteiger partial charge in [-0.15, -0.1) is 10.2 Å². The highest BCUT2D eigenvalue weighted by molar-refractivity contribution is 6.38. The fraction of sp³-hybridized carbons (Fsp3) is 0.346. The summed E-state index contributed by atoms with van der Waals surface area (Å²) < 4.78 is 29.4. The van der Waals surface area contributed by atoms with E-state index in [0.717, 1.165) is 45.2 Å². The summed E-state index contributed by atoms with van der Waals surface area (Å²) in [5.74, 6) is -2.91. The molecule has 0 bridgehead atoms. The van der Waals surface area contributed by atoms with E-state index in [1.54, 1.807) is 12.1 Å². The average Bonchev–Trinajstić information content (AvgIpc) is 3.23. The molecule has 6 nitrogen and oxygen atoms in total. The van der Waals surface area contributed by atoms with Crippen molar-refractivity contribution in [2.24, 2.45) is 0 Å². The SMILES string of the molecule is CN1CCN(CCn2nc(-c3ccc(C(C)(F)F)cc3)c3c(Cl)c(-c4ccccc4)nnc32)CC1. The molecule has 1 aliphatic heterocycles. The van der Waals surface area contributed by atoms with Crippen LogP contribution in [0.25, 0.3) is 33.5 Å². The molecule has 1 aliphatic rings. The zero-order valence-corrected chi connectivity index (χ0v) is 20.5. The number of halogens is 3. The van der Waals surface area contributed by atoms with Gasteiger partial charge >= 0.3 is 0 Å². The molecule has 35 heavy (non-hydrogen) atoms. The van der Waals surface area contributed by atoms with E-state index in [1.807, 2.05) is 35.0 Å². The molecule has 9 heteroatoms. The van der Waals surface area contributed by atoms with Crippen LogP contribution in [0.15, 0.2) is 54.6 Å². The van der Waals surface area contributed by atoms with Crippen molar-refractivity contribution in [1.82, 2.24) is 29.8 Å². The van der Waals surface area contributed by atoms with Crippen molar-refractivity contribution in [2.75, 3.05) is 39.8 Å². The number of benzene rings is 2. The van der Waals surface area contributed by atoms with E-state index in [-0.39, 0.29) is 5.56 Å². The molecule has 3 heterocycles. The van der Waals surface area contributed by atoms with Crippen LogP contribution in [-0.2, 0) is 12.5 Å². The van der Waals surface area contributed by atoms with Gasteiger partial charge in [-0.3, -0.25) is 4.90 Å². The number of rotatable bonds is 6. The van der Waals surface area contributed by atoms with Crippen LogP contribution in [-0.4, -0.2) is 69.5 Å². The number of likely N-dealkylation sites (N-methyl/N-ethyl adjacent to an activating group) is 1. The van der Waals surface area contributed by atoms with Gasteiger partial charge in [0.2, 0.25) is 0 Å². The lowest BCUT2D eigenvalue weighted by Crippen LogP contribution is -2.45. The van der Waals surface area contributed by atoms with Crippen LogP contribution in [0.5, 0.6) is 0 Å². The topological polar surface area (TPSA) is 50.1 Å². The van der Waals surface area contributed by atoms with Crippen molar-refractivity contribution >= 4 is 22.6 Å². The number of hydrogen-bond acceptors (Lipinski definition) is 5. The second kappa shape index (κ2) is 9.60. The maximum atomic E-state index is 13.8. The predicted octanol–water partition coefficient (Wildman–Crippen LogP) is 5.17. The summed E-state index contributed by atoms with van der Waals surface area (Å²) in [4.78, 5) is 4.72. The second-order valence-electron chi connectivity index (χ2n) is 9.11. The van der Waals surface area contributed by atoms with Gasteiger partial charge in [0.15, 0.2) is 5.65 Å². The van der Waals surface area contributed by atoms with Crippen LogP contribution >= 0.6 is 11.6 Å². The molecule has 0 spiro atoms. The fourth-order valence-electron chi connectivity index (χ4n) is 4.38.